The van der Waals surface area contributed by atoms with Crippen molar-refractivity contribution in [3.63, 3.8) is 0 Å². The molecular weight excluding hydrogens is 394 g/mol. The summed E-state index contributed by atoms with van der Waals surface area (Å²) in [6.45, 7) is 12.7. The van der Waals surface area contributed by atoms with Crippen LogP contribution in [-0.2, 0) is 14.0 Å². The maximum Gasteiger partial charge on any atom is 0.492 e. The van der Waals surface area contributed by atoms with Crippen LogP contribution in [0.2, 0.25) is 0 Å². The van der Waals surface area contributed by atoms with Gasteiger partial charge in [-0.15, -0.1) is 0 Å². The molecule has 0 spiro atoms. The van der Waals surface area contributed by atoms with Gasteiger partial charge in [0, 0.05) is 6.54 Å². The highest BCUT2D eigenvalue weighted by molar-refractivity contribution is 6.56. The van der Waals surface area contributed by atoms with Crippen molar-refractivity contribution in [2.75, 3.05) is 6.54 Å². The lowest BCUT2D eigenvalue weighted by atomic mass is 9.77. The van der Waals surface area contributed by atoms with Crippen LogP contribution in [0.15, 0.2) is 17.7 Å². The van der Waals surface area contributed by atoms with Gasteiger partial charge in [-0.25, -0.2) is 14.0 Å². The van der Waals surface area contributed by atoms with Crippen LogP contribution in [0.25, 0.3) is 6.08 Å². The first-order chi connectivity index (χ1) is 13.6. The molecule has 30 heavy (non-hydrogen) atoms. The molecule has 1 aromatic rings. The average molecular weight is 422 g/mol. The molecule has 2 rings (SSSR count). The zero-order valence-corrected chi connectivity index (χ0v) is 18.3. The highest BCUT2D eigenvalue weighted by Crippen LogP contribution is 2.38. The van der Waals surface area contributed by atoms with E-state index in [-0.39, 0.29) is 12.2 Å². The number of pyridine rings is 1. The standard InChI is InChI=1S/C20H28BFN2O6/c1-18(2,3)28-17(27)24-10-12(21-29-19(4,5)20(6,7)30-21)8-13-9-14(16(25)26)15(22)11-23-13/h8-9,11H,10H2,1-7H3,(H,24,27)(H,25,26). The van der Waals surface area contributed by atoms with E-state index in [0.717, 1.165) is 12.3 Å². The molecule has 0 radical (unpaired) electrons. The molecule has 0 aromatic carbocycles. The molecule has 0 saturated carbocycles. The molecule has 0 atom stereocenters. The summed E-state index contributed by atoms with van der Waals surface area (Å²) >= 11 is 0. The quantitative estimate of drug-likeness (QED) is 0.700. The van der Waals surface area contributed by atoms with Crippen LogP contribution >= 0.6 is 0 Å². The first kappa shape index (κ1) is 23.8. The number of carbonyl (C=O) groups excluding carboxylic acids is 1. The Morgan fingerprint density at radius 2 is 1.83 bits per heavy atom. The minimum Gasteiger partial charge on any atom is -0.478 e. The van der Waals surface area contributed by atoms with E-state index in [9.17, 15) is 14.0 Å². The number of nitrogens with zero attached hydrogens (tertiary/aromatic N) is 1. The molecule has 1 aliphatic heterocycles. The summed E-state index contributed by atoms with van der Waals surface area (Å²) in [4.78, 5) is 27.2. The Morgan fingerprint density at radius 1 is 1.27 bits per heavy atom. The van der Waals surface area contributed by atoms with Gasteiger partial charge in [0.1, 0.15) is 5.60 Å². The van der Waals surface area contributed by atoms with Gasteiger partial charge in [-0.3, -0.25) is 4.98 Å². The molecule has 164 valence electrons. The Hall–Kier alpha value is -2.46. The summed E-state index contributed by atoms with van der Waals surface area (Å²) in [5.41, 5.74) is -1.80. The Labute approximate surface area is 175 Å². The zero-order chi connectivity index (χ0) is 22.9. The van der Waals surface area contributed by atoms with E-state index in [4.69, 9.17) is 19.2 Å². The SMILES string of the molecule is CC(C)(C)OC(=O)NCC(=Cc1cc(C(=O)O)c(F)cn1)B1OC(C)(C)C(C)(C)O1. The van der Waals surface area contributed by atoms with Gasteiger partial charge in [-0.05, 0) is 66.1 Å². The number of ether oxygens (including phenoxy) is 1. The smallest absolute Gasteiger partial charge is 0.478 e. The van der Waals surface area contributed by atoms with Gasteiger partial charge in [-0.2, -0.15) is 0 Å². The number of carbonyl (C=O) groups is 2. The summed E-state index contributed by atoms with van der Waals surface area (Å²) in [6, 6.07) is 1.11. The van der Waals surface area contributed by atoms with Crippen molar-refractivity contribution >= 4 is 25.3 Å². The minimum absolute atomic E-state index is 0.00674. The Kier molecular flexibility index (Phi) is 6.63. The maximum absolute atomic E-state index is 13.7. The summed E-state index contributed by atoms with van der Waals surface area (Å²) in [6.07, 6.45) is 1.70. The van der Waals surface area contributed by atoms with Crippen molar-refractivity contribution in [2.24, 2.45) is 0 Å². The highest BCUT2D eigenvalue weighted by atomic mass is 19.1. The van der Waals surface area contributed by atoms with Crippen LogP contribution < -0.4 is 5.32 Å². The molecule has 2 N–H and O–H groups in total. The number of hydrogen-bond donors (Lipinski definition) is 2. The predicted molar refractivity (Wildman–Crippen MR) is 109 cm³/mol. The molecule has 1 aliphatic rings. The number of aromatic carboxylic acids is 1. The van der Waals surface area contributed by atoms with E-state index >= 15 is 0 Å². The highest BCUT2D eigenvalue weighted by Gasteiger charge is 2.52. The molecule has 1 aromatic heterocycles. The van der Waals surface area contributed by atoms with Crippen molar-refractivity contribution in [1.82, 2.24) is 10.3 Å². The number of rotatable bonds is 5. The first-order valence-electron chi connectivity index (χ1n) is 9.53. The third-order valence-electron chi connectivity index (χ3n) is 4.83. The van der Waals surface area contributed by atoms with Crippen molar-refractivity contribution < 1.29 is 33.1 Å². The molecule has 0 aliphatic carbocycles. The zero-order valence-electron chi connectivity index (χ0n) is 18.3. The van der Waals surface area contributed by atoms with E-state index < -0.39 is 47.4 Å². The molecule has 10 heteroatoms. The summed E-state index contributed by atoms with van der Waals surface area (Å²) in [7, 11) is -0.829. The fourth-order valence-electron chi connectivity index (χ4n) is 2.57. The maximum atomic E-state index is 13.7. The fraction of sp³-hybridized carbons (Fsp3) is 0.550. The Morgan fingerprint density at radius 3 is 2.33 bits per heavy atom. The minimum atomic E-state index is -1.41. The second kappa shape index (κ2) is 8.35. The molecular formula is C20H28BFN2O6. The van der Waals surface area contributed by atoms with E-state index in [2.05, 4.69) is 10.3 Å². The molecule has 1 fully saturated rings. The van der Waals surface area contributed by atoms with Crippen molar-refractivity contribution in [1.29, 1.82) is 0 Å². The Balaban J connectivity index is 2.34. The monoisotopic (exact) mass is 422 g/mol. The summed E-state index contributed by atoms with van der Waals surface area (Å²) < 4.78 is 31.0. The lowest BCUT2D eigenvalue weighted by molar-refractivity contribution is 0.00578. The van der Waals surface area contributed by atoms with Crippen LogP contribution in [-0.4, -0.2) is 52.6 Å². The van der Waals surface area contributed by atoms with Gasteiger partial charge in [0.05, 0.1) is 28.7 Å². The number of hydrogen-bond acceptors (Lipinski definition) is 6. The number of aromatic nitrogens is 1. The number of nitrogens with one attached hydrogen (secondary N) is 1. The molecule has 2 heterocycles. The topological polar surface area (TPSA) is 107 Å². The van der Waals surface area contributed by atoms with Gasteiger partial charge in [0.2, 0.25) is 0 Å². The van der Waals surface area contributed by atoms with E-state index in [1.807, 2.05) is 27.7 Å². The number of carboxylic acids is 1. The lowest BCUT2D eigenvalue weighted by Gasteiger charge is -2.32. The van der Waals surface area contributed by atoms with Crippen molar-refractivity contribution in [3.8, 4) is 0 Å². The van der Waals surface area contributed by atoms with Crippen molar-refractivity contribution in [3.05, 3.63) is 34.8 Å². The fourth-order valence-corrected chi connectivity index (χ4v) is 2.57. The summed E-state index contributed by atoms with van der Waals surface area (Å²) in [5, 5.41) is 11.8. The normalized spacial score (nSPS) is 18.3. The first-order valence-corrected chi connectivity index (χ1v) is 9.53. The molecule has 0 bridgehead atoms. The third-order valence-corrected chi connectivity index (χ3v) is 4.83. The second-order valence-electron chi connectivity index (χ2n) is 9.06. The van der Waals surface area contributed by atoms with Gasteiger partial charge in [-0.1, -0.05) is 0 Å². The molecule has 8 nitrogen and oxygen atoms in total. The predicted octanol–water partition coefficient (Wildman–Crippen LogP) is 3.46. The molecule has 0 unspecified atom stereocenters. The average Bonchev–Trinajstić information content (AvgIpc) is 2.78. The third kappa shape index (κ3) is 5.79. The van der Waals surface area contributed by atoms with Gasteiger partial charge in [0.25, 0.3) is 0 Å². The van der Waals surface area contributed by atoms with E-state index in [0.29, 0.717) is 5.47 Å². The van der Waals surface area contributed by atoms with E-state index in [1.165, 1.54) is 6.08 Å². The number of carboxylic acid groups (broad SMARTS) is 1. The van der Waals surface area contributed by atoms with Crippen LogP contribution in [0.5, 0.6) is 0 Å². The number of amides is 1. The van der Waals surface area contributed by atoms with Gasteiger partial charge < -0.3 is 24.5 Å². The van der Waals surface area contributed by atoms with Crippen LogP contribution in [0, 0.1) is 5.82 Å². The lowest BCUT2D eigenvalue weighted by Crippen LogP contribution is -2.41. The van der Waals surface area contributed by atoms with Gasteiger partial charge in [0.15, 0.2) is 5.82 Å². The molecule has 1 saturated heterocycles. The van der Waals surface area contributed by atoms with Crippen LogP contribution in [0.1, 0.15) is 64.5 Å². The van der Waals surface area contributed by atoms with Gasteiger partial charge >= 0.3 is 19.2 Å². The second-order valence-corrected chi connectivity index (χ2v) is 9.06. The largest absolute Gasteiger partial charge is 0.492 e. The van der Waals surface area contributed by atoms with Crippen molar-refractivity contribution in [2.45, 2.75) is 65.3 Å². The van der Waals surface area contributed by atoms with Crippen LogP contribution in [0.4, 0.5) is 9.18 Å². The Bertz CT molecular complexity index is 847. The number of alkyl carbamates (subject to hydrolysis) is 1. The molecule has 1 amide bonds. The van der Waals surface area contributed by atoms with Crippen LogP contribution in [0.3, 0.4) is 0 Å². The summed E-state index contributed by atoms with van der Waals surface area (Å²) in [5.74, 6) is -2.35. The van der Waals surface area contributed by atoms with E-state index in [1.54, 1.807) is 20.8 Å². The number of halogens is 1.